The van der Waals surface area contributed by atoms with E-state index < -0.39 is 31.0 Å². The topological polar surface area (TPSA) is 80.3 Å². The van der Waals surface area contributed by atoms with E-state index in [0.29, 0.717) is 0 Å². The summed E-state index contributed by atoms with van der Waals surface area (Å²) in [5, 5.41) is 2.31. The third-order valence-electron chi connectivity index (χ3n) is 4.39. The Kier molecular flexibility index (Phi) is 4.07. The highest BCUT2D eigenvalue weighted by atomic mass is 32.2. The Balaban J connectivity index is 1.90. The van der Waals surface area contributed by atoms with Crippen LogP contribution in [0.5, 0.6) is 0 Å². The van der Waals surface area contributed by atoms with Crippen LogP contribution < -0.4 is 5.32 Å². The molecule has 0 spiro atoms. The van der Waals surface area contributed by atoms with E-state index in [9.17, 15) is 16.8 Å². The van der Waals surface area contributed by atoms with Gasteiger partial charge in [-0.1, -0.05) is 19.1 Å². The molecule has 1 aliphatic carbocycles. The number of benzene rings is 1. The van der Waals surface area contributed by atoms with Crippen molar-refractivity contribution in [2.45, 2.75) is 48.4 Å². The molecule has 22 heavy (non-hydrogen) atoms. The average molecular weight is 343 g/mol. The van der Waals surface area contributed by atoms with Crippen molar-refractivity contribution in [2.75, 3.05) is 11.5 Å². The number of sulfone groups is 2. The summed E-state index contributed by atoms with van der Waals surface area (Å²) in [4.78, 5) is 0.217. The van der Waals surface area contributed by atoms with Gasteiger partial charge in [0.15, 0.2) is 19.7 Å². The Hall–Kier alpha value is -0.920. The average Bonchev–Trinajstić information content (AvgIpc) is 3.22. The fourth-order valence-corrected chi connectivity index (χ4v) is 7.60. The zero-order chi connectivity index (χ0) is 16.0. The van der Waals surface area contributed by atoms with E-state index in [4.69, 9.17) is 0 Å². The van der Waals surface area contributed by atoms with Crippen molar-refractivity contribution in [1.82, 2.24) is 5.32 Å². The molecule has 122 valence electrons. The smallest absolute Gasteiger partial charge is 0.183 e. The zero-order valence-electron chi connectivity index (χ0n) is 12.5. The molecule has 1 saturated heterocycles. The summed E-state index contributed by atoms with van der Waals surface area (Å²) in [6, 6.07) is 6.55. The Morgan fingerprint density at radius 2 is 1.77 bits per heavy atom. The molecule has 0 bridgehead atoms. The molecule has 0 amide bonds. The lowest BCUT2D eigenvalue weighted by Crippen LogP contribution is -2.44. The number of hydrogen-bond donors (Lipinski definition) is 1. The summed E-state index contributed by atoms with van der Waals surface area (Å²) in [7, 11) is -6.95. The molecule has 1 saturated carbocycles. The monoisotopic (exact) mass is 343 g/mol. The summed E-state index contributed by atoms with van der Waals surface area (Å²) in [6.07, 6.45) is 2.83. The minimum Gasteiger partial charge on any atom is -0.309 e. The zero-order valence-corrected chi connectivity index (χ0v) is 14.2. The summed E-state index contributed by atoms with van der Waals surface area (Å²) >= 11 is 0. The Morgan fingerprint density at radius 3 is 2.32 bits per heavy atom. The van der Waals surface area contributed by atoms with Gasteiger partial charge in [0.05, 0.1) is 21.7 Å². The molecular weight excluding hydrogens is 322 g/mol. The molecule has 0 radical (unpaired) electrons. The molecule has 1 aliphatic heterocycles. The van der Waals surface area contributed by atoms with Gasteiger partial charge in [0, 0.05) is 12.1 Å². The third kappa shape index (κ3) is 3.21. The molecule has 2 fully saturated rings. The highest BCUT2D eigenvalue weighted by Gasteiger charge is 2.47. The van der Waals surface area contributed by atoms with E-state index in [0.717, 1.165) is 24.8 Å². The second-order valence-electron chi connectivity index (χ2n) is 6.21. The number of aryl methyl sites for hydroxylation is 1. The van der Waals surface area contributed by atoms with E-state index in [1.165, 1.54) is 0 Å². The lowest BCUT2D eigenvalue weighted by atomic mass is 10.2. The third-order valence-corrected chi connectivity index (χ3v) is 8.55. The lowest BCUT2D eigenvalue weighted by molar-refractivity contribution is 0.524. The molecule has 5 nitrogen and oxygen atoms in total. The Labute approximate surface area is 132 Å². The van der Waals surface area contributed by atoms with Crippen molar-refractivity contribution in [1.29, 1.82) is 0 Å². The molecule has 7 heteroatoms. The van der Waals surface area contributed by atoms with Crippen molar-refractivity contribution >= 4 is 19.7 Å². The summed E-state index contributed by atoms with van der Waals surface area (Å²) in [6.45, 7) is 2.00. The highest BCUT2D eigenvalue weighted by molar-refractivity contribution is 7.96. The van der Waals surface area contributed by atoms with Crippen LogP contribution in [-0.4, -0.2) is 45.7 Å². The SMILES string of the molecule is CCc1ccc(S(=O)(=O)C2CS(=O)(=O)CC2NC2CC2)cc1. The molecule has 1 heterocycles. The van der Waals surface area contributed by atoms with Crippen LogP contribution in [0.3, 0.4) is 0 Å². The van der Waals surface area contributed by atoms with Gasteiger partial charge >= 0.3 is 0 Å². The van der Waals surface area contributed by atoms with Gasteiger partial charge in [-0.2, -0.15) is 0 Å². The van der Waals surface area contributed by atoms with E-state index in [2.05, 4.69) is 5.32 Å². The fraction of sp³-hybridized carbons (Fsp3) is 0.600. The number of nitrogens with one attached hydrogen (secondary N) is 1. The molecule has 1 aromatic carbocycles. The van der Waals surface area contributed by atoms with Crippen LogP contribution in [0.2, 0.25) is 0 Å². The highest BCUT2D eigenvalue weighted by Crippen LogP contribution is 2.29. The summed E-state index contributed by atoms with van der Waals surface area (Å²) < 4.78 is 49.5. The summed E-state index contributed by atoms with van der Waals surface area (Å²) in [5.41, 5.74) is 1.06. The van der Waals surface area contributed by atoms with Crippen LogP contribution >= 0.6 is 0 Å². The maximum Gasteiger partial charge on any atom is 0.183 e. The van der Waals surface area contributed by atoms with Crippen molar-refractivity contribution in [2.24, 2.45) is 0 Å². The van der Waals surface area contributed by atoms with E-state index >= 15 is 0 Å². The maximum absolute atomic E-state index is 12.8. The van der Waals surface area contributed by atoms with Crippen LogP contribution in [-0.2, 0) is 26.1 Å². The molecular formula is C15H21NO4S2. The minimum absolute atomic E-state index is 0.0829. The Bertz CT molecular complexity index is 749. The fourth-order valence-electron chi connectivity index (χ4n) is 2.92. The van der Waals surface area contributed by atoms with Crippen LogP contribution in [0.25, 0.3) is 0 Å². The molecule has 1 N–H and O–H groups in total. The molecule has 2 aliphatic rings. The van der Waals surface area contributed by atoms with Crippen molar-refractivity contribution < 1.29 is 16.8 Å². The van der Waals surface area contributed by atoms with Gasteiger partial charge < -0.3 is 5.32 Å². The molecule has 2 atom stereocenters. The van der Waals surface area contributed by atoms with E-state index in [-0.39, 0.29) is 22.4 Å². The van der Waals surface area contributed by atoms with Gasteiger partial charge in [0.2, 0.25) is 0 Å². The molecule has 3 rings (SSSR count). The molecule has 2 unspecified atom stereocenters. The molecule has 0 aromatic heterocycles. The second kappa shape index (κ2) is 5.62. The second-order valence-corrected chi connectivity index (χ2v) is 10.5. The minimum atomic E-state index is -3.64. The van der Waals surface area contributed by atoms with Crippen molar-refractivity contribution in [3.05, 3.63) is 29.8 Å². The van der Waals surface area contributed by atoms with Crippen LogP contribution in [0.15, 0.2) is 29.2 Å². The van der Waals surface area contributed by atoms with Crippen molar-refractivity contribution in [3.63, 3.8) is 0 Å². The first-order chi connectivity index (χ1) is 10.3. The van der Waals surface area contributed by atoms with Gasteiger partial charge in [-0.15, -0.1) is 0 Å². The predicted octanol–water partition coefficient (Wildman–Crippen LogP) is 0.940. The summed E-state index contributed by atoms with van der Waals surface area (Å²) in [5.74, 6) is -0.365. The van der Waals surface area contributed by atoms with Gasteiger partial charge in [-0.3, -0.25) is 0 Å². The maximum atomic E-state index is 12.8. The van der Waals surface area contributed by atoms with Gasteiger partial charge in [0.25, 0.3) is 0 Å². The van der Waals surface area contributed by atoms with E-state index in [1.54, 1.807) is 24.3 Å². The largest absolute Gasteiger partial charge is 0.309 e. The number of rotatable bonds is 5. The van der Waals surface area contributed by atoms with Gasteiger partial charge in [-0.25, -0.2) is 16.8 Å². The first-order valence-electron chi connectivity index (χ1n) is 7.61. The lowest BCUT2D eigenvalue weighted by Gasteiger charge is -2.20. The van der Waals surface area contributed by atoms with Gasteiger partial charge in [-0.05, 0) is 37.0 Å². The molecule has 1 aromatic rings. The first-order valence-corrected chi connectivity index (χ1v) is 11.0. The van der Waals surface area contributed by atoms with Crippen LogP contribution in [0.1, 0.15) is 25.3 Å². The predicted molar refractivity (Wildman–Crippen MR) is 85.4 cm³/mol. The van der Waals surface area contributed by atoms with Crippen molar-refractivity contribution in [3.8, 4) is 0 Å². The van der Waals surface area contributed by atoms with Gasteiger partial charge in [0.1, 0.15) is 0 Å². The standard InChI is InChI=1S/C15H21NO4S2/c1-2-11-3-7-13(8-4-11)22(19,20)15-10-21(17,18)9-14(15)16-12-5-6-12/h3-4,7-8,12,14-16H,2,5-6,9-10H2,1H3. The van der Waals surface area contributed by atoms with Crippen LogP contribution in [0, 0.1) is 0 Å². The Morgan fingerprint density at radius 1 is 1.14 bits per heavy atom. The van der Waals surface area contributed by atoms with E-state index in [1.807, 2.05) is 6.92 Å². The number of hydrogen-bond acceptors (Lipinski definition) is 5. The van der Waals surface area contributed by atoms with Crippen LogP contribution in [0.4, 0.5) is 0 Å². The first kappa shape index (κ1) is 16.0. The quantitative estimate of drug-likeness (QED) is 0.861. The normalized spacial score (nSPS) is 27.9.